The molecule has 3 aromatic rings. The molecule has 0 aliphatic carbocycles. The summed E-state index contributed by atoms with van der Waals surface area (Å²) in [5, 5.41) is 5.19. The third-order valence-corrected chi connectivity index (χ3v) is 3.70. The molecule has 0 aliphatic heterocycles. The normalized spacial score (nSPS) is 11.9. The third kappa shape index (κ3) is 3.69. The Bertz CT molecular complexity index is 799. The van der Waals surface area contributed by atoms with Gasteiger partial charge in [0.15, 0.2) is 6.10 Å². The second kappa shape index (κ2) is 6.97. The number of ether oxygens (including phenoxy) is 1. The number of para-hydroxylation sites is 1. The Hall–Kier alpha value is -2.81. The van der Waals surface area contributed by atoms with Crippen LogP contribution in [-0.4, -0.2) is 12.0 Å². The fourth-order valence-electron chi connectivity index (χ4n) is 2.48. The van der Waals surface area contributed by atoms with Gasteiger partial charge in [-0.25, -0.2) is 0 Å². The van der Waals surface area contributed by atoms with Crippen LogP contribution in [0.1, 0.15) is 13.3 Å². The zero-order valence-electron chi connectivity index (χ0n) is 13.0. The van der Waals surface area contributed by atoms with Crippen molar-refractivity contribution in [2.75, 3.05) is 5.32 Å². The van der Waals surface area contributed by atoms with Crippen molar-refractivity contribution in [2.45, 2.75) is 19.4 Å². The molecule has 3 aromatic carbocycles. The number of carbonyl (C=O) groups is 1. The lowest BCUT2D eigenvalue weighted by molar-refractivity contribution is -0.122. The SMILES string of the molecule is CCC(Oc1ccccc1)C(=O)Nc1ccc2ccccc2c1. The first kappa shape index (κ1) is 15.1. The van der Waals surface area contributed by atoms with Crippen molar-refractivity contribution in [3.8, 4) is 5.75 Å². The molecule has 3 heteroatoms. The Labute approximate surface area is 135 Å². The fraction of sp³-hybridized carbons (Fsp3) is 0.150. The number of fused-ring (bicyclic) bond motifs is 1. The second-order valence-corrected chi connectivity index (χ2v) is 5.38. The Morgan fingerprint density at radius 1 is 0.957 bits per heavy atom. The van der Waals surface area contributed by atoms with Crippen LogP contribution in [0.2, 0.25) is 0 Å². The third-order valence-electron chi connectivity index (χ3n) is 3.70. The number of amides is 1. The number of anilines is 1. The lowest BCUT2D eigenvalue weighted by atomic mass is 10.1. The number of carbonyl (C=O) groups excluding carboxylic acids is 1. The average molecular weight is 305 g/mol. The van der Waals surface area contributed by atoms with Gasteiger partial charge in [0.25, 0.3) is 5.91 Å². The van der Waals surface area contributed by atoms with E-state index in [1.807, 2.05) is 79.7 Å². The topological polar surface area (TPSA) is 38.3 Å². The summed E-state index contributed by atoms with van der Waals surface area (Å²) in [6.07, 6.45) is 0.0952. The van der Waals surface area contributed by atoms with Gasteiger partial charge in [-0.1, -0.05) is 55.5 Å². The highest BCUT2D eigenvalue weighted by Crippen LogP contribution is 2.20. The first-order chi connectivity index (χ1) is 11.3. The minimum Gasteiger partial charge on any atom is -0.481 e. The van der Waals surface area contributed by atoms with Crippen LogP contribution in [0.5, 0.6) is 5.75 Å². The van der Waals surface area contributed by atoms with Gasteiger partial charge in [0.2, 0.25) is 0 Å². The van der Waals surface area contributed by atoms with Crippen molar-refractivity contribution >= 4 is 22.4 Å². The summed E-state index contributed by atoms with van der Waals surface area (Å²) in [4.78, 5) is 12.4. The maximum Gasteiger partial charge on any atom is 0.265 e. The molecule has 1 N–H and O–H groups in total. The van der Waals surface area contributed by atoms with Gasteiger partial charge in [-0.05, 0) is 41.5 Å². The van der Waals surface area contributed by atoms with Crippen LogP contribution in [-0.2, 0) is 4.79 Å². The molecule has 0 saturated heterocycles. The molecule has 0 fully saturated rings. The van der Waals surface area contributed by atoms with Crippen LogP contribution in [0, 0.1) is 0 Å². The van der Waals surface area contributed by atoms with Gasteiger partial charge >= 0.3 is 0 Å². The van der Waals surface area contributed by atoms with E-state index >= 15 is 0 Å². The van der Waals surface area contributed by atoms with E-state index in [-0.39, 0.29) is 5.91 Å². The summed E-state index contributed by atoms with van der Waals surface area (Å²) in [6, 6.07) is 23.4. The predicted octanol–water partition coefficient (Wildman–Crippen LogP) is 4.64. The molecule has 0 spiro atoms. The van der Waals surface area contributed by atoms with Crippen molar-refractivity contribution in [3.63, 3.8) is 0 Å². The molecule has 0 aromatic heterocycles. The predicted molar refractivity (Wildman–Crippen MR) is 93.7 cm³/mol. The minimum absolute atomic E-state index is 0.133. The summed E-state index contributed by atoms with van der Waals surface area (Å²) in [7, 11) is 0. The Balaban J connectivity index is 1.73. The van der Waals surface area contributed by atoms with Gasteiger partial charge in [0.1, 0.15) is 5.75 Å². The maximum absolute atomic E-state index is 12.4. The maximum atomic E-state index is 12.4. The Kier molecular flexibility index (Phi) is 4.57. The summed E-state index contributed by atoms with van der Waals surface area (Å²) >= 11 is 0. The highest BCUT2D eigenvalue weighted by atomic mass is 16.5. The Morgan fingerprint density at radius 3 is 2.39 bits per heavy atom. The van der Waals surface area contributed by atoms with Crippen molar-refractivity contribution in [2.24, 2.45) is 0 Å². The van der Waals surface area contributed by atoms with Gasteiger partial charge in [-0.15, -0.1) is 0 Å². The second-order valence-electron chi connectivity index (χ2n) is 5.38. The van der Waals surface area contributed by atoms with E-state index < -0.39 is 6.10 Å². The molecule has 0 radical (unpaired) electrons. The van der Waals surface area contributed by atoms with Gasteiger partial charge < -0.3 is 10.1 Å². The molecule has 0 saturated carbocycles. The van der Waals surface area contributed by atoms with Gasteiger partial charge in [0.05, 0.1) is 0 Å². The number of hydrogen-bond acceptors (Lipinski definition) is 2. The lowest BCUT2D eigenvalue weighted by Crippen LogP contribution is -2.32. The molecular formula is C20H19NO2. The van der Waals surface area contributed by atoms with E-state index in [0.717, 1.165) is 16.5 Å². The molecule has 116 valence electrons. The first-order valence-electron chi connectivity index (χ1n) is 7.77. The molecule has 0 heterocycles. The van der Waals surface area contributed by atoms with E-state index in [1.165, 1.54) is 0 Å². The van der Waals surface area contributed by atoms with Gasteiger partial charge in [-0.3, -0.25) is 4.79 Å². The van der Waals surface area contributed by atoms with Crippen molar-refractivity contribution < 1.29 is 9.53 Å². The van der Waals surface area contributed by atoms with Crippen LogP contribution in [0.25, 0.3) is 10.8 Å². The monoisotopic (exact) mass is 305 g/mol. The zero-order chi connectivity index (χ0) is 16.1. The van der Waals surface area contributed by atoms with E-state index in [0.29, 0.717) is 12.2 Å². The minimum atomic E-state index is -0.510. The molecule has 3 rings (SSSR count). The van der Waals surface area contributed by atoms with Crippen LogP contribution in [0.4, 0.5) is 5.69 Å². The lowest BCUT2D eigenvalue weighted by Gasteiger charge is -2.17. The smallest absolute Gasteiger partial charge is 0.265 e. The summed E-state index contributed by atoms with van der Waals surface area (Å²) in [5.74, 6) is 0.569. The fourth-order valence-corrected chi connectivity index (χ4v) is 2.48. The number of nitrogens with one attached hydrogen (secondary N) is 1. The molecule has 3 nitrogen and oxygen atoms in total. The molecule has 1 unspecified atom stereocenters. The Morgan fingerprint density at radius 2 is 1.65 bits per heavy atom. The summed E-state index contributed by atoms with van der Waals surface area (Å²) in [5.41, 5.74) is 0.781. The van der Waals surface area contributed by atoms with E-state index in [9.17, 15) is 4.79 Å². The van der Waals surface area contributed by atoms with Crippen molar-refractivity contribution in [1.29, 1.82) is 0 Å². The van der Waals surface area contributed by atoms with Gasteiger partial charge in [-0.2, -0.15) is 0 Å². The highest BCUT2D eigenvalue weighted by Gasteiger charge is 2.18. The van der Waals surface area contributed by atoms with E-state index in [2.05, 4.69) is 5.32 Å². The van der Waals surface area contributed by atoms with E-state index in [1.54, 1.807) is 0 Å². The number of rotatable bonds is 5. The standard InChI is InChI=1S/C20H19NO2/c1-2-19(23-18-10-4-3-5-11-18)20(22)21-17-13-12-15-8-6-7-9-16(15)14-17/h3-14,19H,2H2,1H3,(H,21,22). The summed E-state index contributed by atoms with van der Waals surface area (Å²) < 4.78 is 5.77. The van der Waals surface area contributed by atoms with Crippen LogP contribution in [0.3, 0.4) is 0 Å². The van der Waals surface area contributed by atoms with Crippen LogP contribution < -0.4 is 10.1 Å². The summed E-state index contributed by atoms with van der Waals surface area (Å²) in [6.45, 7) is 1.94. The largest absolute Gasteiger partial charge is 0.481 e. The molecule has 0 bridgehead atoms. The van der Waals surface area contributed by atoms with Crippen molar-refractivity contribution in [1.82, 2.24) is 0 Å². The van der Waals surface area contributed by atoms with Gasteiger partial charge in [0, 0.05) is 5.69 Å². The average Bonchev–Trinajstić information content (AvgIpc) is 2.60. The molecule has 1 amide bonds. The number of hydrogen-bond donors (Lipinski definition) is 1. The first-order valence-corrected chi connectivity index (χ1v) is 7.77. The van der Waals surface area contributed by atoms with E-state index in [4.69, 9.17) is 4.74 Å². The number of benzene rings is 3. The quantitative estimate of drug-likeness (QED) is 0.746. The molecular weight excluding hydrogens is 286 g/mol. The molecule has 1 atom stereocenters. The van der Waals surface area contributed by atoms with Crippen LogP contribution in [0.15, 0.2) is 72.8 Å². The molecule has 23 heavy (non-hydrogen) atoms. The van der Waals surface area contributed by atoms with Crippen LogP contribution >= 0.6 is 0 Å². The highest BCUT2D eigenvalue weighted by molar-refractivity contribution is 5.96. The van der Waals surface area contributed by atoms with Crippen molar-refractivity contribution in [3.05, 3.63) is 72.8 Å². The zero-order valence-corrected chi connectivity index (χ0v) is 13.0. The molecule has 0 aliphatic rings.